The Morgan fingerprint density at radius 3 is 2.66 bits per heavy atom. The summed E-state index contributed by atoms with van der Waals surface area (Å²) < 4.78 is 6.15. The van der Waals surface area contributed by atoms with Gasteiger partial charge in [0, 0.05) is 28.2 Å². The van der Waals surface area contributed by atoms with Crippen LogP contribution in [0.25, 0.3) is 17.4 Å². The van der Waals surface area contributed by atoms with Gasteiger partial charge in [-0.3, -0.25) is 14.9 Å². The molecular weight excluding hydrogens is 462 g/mol. The van der Waals surface area contributed by atoms with Gasteiger partial charge in [-0.25, -0.2) is 0 Å². The molecule has 0 saturated carbocycles. The van der Waals surface area contributed by atoms with E-state index in [0.29, 0.717) is 26.5 Å². The molecule has 1 N–H and O–H groups in total. The van der Waals surface area contributed by atoms with Crippen LogP contribution in [0.15, 0.2) is 69.1 Å². The zero-order valence-corrected chi connectivity index (χ0v) is 16.9. The molecule has 0 radical (unpaired) electrons. The van der Waals surface area contributed by atoms with E-state index in [-0.39, 0.29) is 17.0 Å². The average molecular weight is 473 g/mol. The molecule has 3 rings (SSSR count). The van der Waals surface area contributed by atoms with Gasteiger partial charge in [-0.2, -0.15) is 5.26 Å². The third-order valence-electron chi connectivity index (χ3n) is 3.83. The minimum atomic E-state index is -0.630. The van der Waals surface area contributed by atoms with E-state index in [0.717, 1.165) is 0 Å². The normalized spacial score (nSPS) is 11.0. The third-order valence-corrected chi connectivity index (χ3v) is 4.82. The number of nitrogens with one attached hydrogen (secondary N) is 1. The van der Waals surface area contributed by atoms with Gasteiger partial charge < -0.3 is 9.73 Å². The molecular formula is C20H11BrClN3O4. The molecule has 0 unspecified atom stereocenters. The Hall–Kier alpha value is -3.41. The molecule has 29 heavy (non-hydrogen) atoms. The van der Waals surface area contributed by atoms with Crippen LogP contribution in [0.5, 0.6) is 0 Å². The average Bonchev–Trinajstić information content (AvgIpc) is 3.16. The van der Waals surface area contributed by atoms with Crippen LogP contribution in [0.3, 0.4) is 0 Å². The second-order valence-corrected chi connectivity index (χ2v) is 6.99. The lowest BCUT2D eigenvalue weighted by Crippen LogP contribution is -2.13. The van der Waals surface area contributed by atoms with Gasteiger partial charge in [0.2, 0.25) is 0 Å². The van der Waals surface area contributed by atoms with Crippen LogP contribution in [-0.4, -0.2) is 10.8 Å². The second-order valence-electron chi connectivity index (χ2n) is 5.73. The largest absolute Gasteiger partial charge is 0.457 e. The number of carbonyl (C=O) groups is 1. The predicted molar refractivity (Wildman–Crippen MR) is 112 cm³/mol. The molecule has 0 atom stereocenters. The number of anilines is 1. The number of halogens is 2. The molecule has 1 amide bonds. The highest BCUT2D eigenvalue weighted by atomic mass is 79.9. The molecule has 7 nitrogen and oxygen atoms in total. The maximum Gasteiger partial charge on any atom is 0.270 e. The van der Waals surface area contributed by atoms with Crippen LogP contribution >= 0.6 is 27.5 Å². The van der Waals surface area contributed by atoms with Gasteiger partial charge in [-0.05, 0) is 46.3 Å². The third kappa shape index (κ3) is 4.71. The fourth-order valence-electron chi connectivity index (χ4n) is 2.44. The van der Waals surface area contributed by atoms with Crippen LogP contribution in [0.1, 0.15) is 5.76 Å². The number of amides is 1. The minimum Gasteiger partial charge on any atom is -0.457 e. The molecule has 3 aromatic rings. The van der Waals surface area contributed by atoms with Gasteiger partial charge >= 0.3 is 0 Å². The minimum absolute atomic E-state index is 0.0599. The molecule has 1 aromatic heterocycles. The van der Waals surface area contributed by atoms with E-state index < -0.39 is 10.8 Å². The Balaban J connectivity index is 1.84. The van der Waals surface area contributed by atoms with E-state index in [4.69, 9.17) is 16.0 Å². The Bertz CT molecular complexity index is 1180. The summed E-state index contributed by atoms with van der Waals surface area (Å²) in [6.07, 6.45) is 1.30. The van der Waals surface area contributed by atoms with Crippen molar-refractivity contribution in [3.8, 4) is 17.4 Å². The van der Waals surface area contributed by atoms with Crippen molar-refractivity contribution in [2.45, 2.75) is 0 Å². The Morgan fingerprint density at radius 2 is 2.00 bits per heavy atom. The van der Waals surface area contributed by atoms with Gasteiger partial charge in [-0.15, -0.1) is 0 Å². The van der Waals surface area contributed by atoms with Gasteiger partial charge in [0.05, 0.1) is 15.6 Å². The summed E-state index contributed by atoms with van der Waals surface area (Å²) in [5.41, 5.74) is 0.744. The van der Waals surface area contributed by atoms with Crippen molar-refractivity contribution >= 4 is 50.9 Å². The lowest BCUT2D eigenvalue weighted by Gasteiger charge is -2.05. The van der Waals surface area contributed by atoms with E-state index in [2.05, 4.69) is 21.2 Å². The fraction of sp³-hybridized carbons (Fsp3) is 0. The summed E-state index contributed by atoms with van der Waals surface area (Å²) in [5, 5.41) is 23.1. The van der Waals surface area contributed by atoms with Crippen molar-refractivity contribution < 1.29 is 14.1 Å². The van der Waals surface area contributed by atoms with E-state index in [1.807, 2.05) is 6.07 Å². The van der Waals surface area contributed by atoms with Crippen LogP contribution < -0.4 is 5.32 Å². The quantitative estimate of drug-likeness (QED) is 0.218. The lowest BCUT2D eigenvalue weighted by molar-refractivity contribution is -0.384. The Labute approximate surface area is 178 Å². The van der Waals surface area contributed by atoms with Crippen molar-refractivity contribution in [1.29, 1.82) is 5.26 Å². The van der Waals surface area contributed by atoms with Crippen LogP contribution in [0, 0.1) is 21.4 Å². The standard InChI is InChI=1S/C20H11BrClN3O4/c21-16-10-13(25(27)28)5-7-15(16)19-8-6-14(29-19)9-12(11-23)20(26)24-18-4-2-1-3-17(18)22/h1-10H,(H,24,26)/b12-9+. The first-order chi connectivity index (χ1) is 13.9. The van der Waals surface area contributed by atoms with E-state index >= 15 is 0 Å². The summed E-state index contributed by atoms with van der Waals surface area (Å²) in [5.74, 6) is 0.0630. The monoisotopic (exact) mass is 471 g/mol. The lowest BCUT2D eigenvalue weighted by atomic mass is 10.1. The fourth-order valence-corrected chi connectivity index (χ4v) is 3.18. The SMILES string of the molecule is N#C/C(=C\c1ccc(-c2ccc([N+](=O)[O-])cc2Br)o1)C(=O)Nc1ccccc1Cl. The molecule has 0 aliphatic carbocycles. The highest BCUT2D eigenvalue weighted by Crippen LogP contribution is 2.33. The van der Waals surface area contributed by atoms with Crippen molar-refractivity contribution in [2.24, 2.45) is 0 Å². The number of benzene rings is 2. The summed E-state index contributed by atoms with van der Waals surface area (Å²) >= 11 is 9.29. The van der Waals surface area contributed by atoms with E-state index in [9.17, 15) is 20.2 Å². The first-order valence-corrected chi connectivity index (χ1v) is 9.28. The first-order valence-electron chi connectivity index (χ1n) is 8.11. The summed E-state index contributed by atoms with van der Waals surface area (Å²) in [4.78, 5) is 22.7. The van der Waals surface area contributed by atoms with E-state index in [1.54, 1.807) is 42.5 Å². The maximum absolute atomic E-state index is 12.4. The molecule has 0 saturated heterocycles. The summed E-state index contributed by atoms with van der Waals surface area (Å²) in [7, 11) is 0. The zero-order chi connectivity index (χ0) is 21.0. The topological polar surface area (TPSA) is 109 Å². The number of nitrogens with zero attached hydrogens (tertiary/aromatic N) is 2. The van der Waals surface area contributed by atoms with E-state index in [1.165, 1.54) is 18.2 Å². The van der Waals surface area contributed by atoms with Crippen molar-refractivity contribution in [3.63, 3.8) is 0 Å². The highest BCUT2D eigenvalue weighted by molar-refractivity contribution is 9.10. The number of furan rings is 1. The highest BCUT2D eigenvalue weighted by Gasteiger charge is 2.15. The number of hydrogen-bond donors (Lipinski definition) is 1. The molecule has 0 fully saturated rings. The molecule has 0 aliphatic rings. The number of nitro groups is 1. The molecule has 0 bridgehead atoms. The summed E-state index contributed by atoms with van der Waals surface area (Å²) in [6, 6.07) is 16.0. The smallest absolute Gasteiger partial charge is 0.270 e. The number of nitro benzene ring substituents is 1. The summed E-state index contributed by atoms with van der Waals surface area (Å²) in [6.45, 7) is 0. The molecule has 9 heteroatoms. The molecule has 144 valence electrons. The van der Waals surface area contributed by atoms with Crippen molar-refractivity contribution in [1.82, 2.24) is 0 Å². The Morgan fingerprint density at radius 1 is 1.24 bits per heavy atom. The number of non-ortho nitro benzene ring substituents is 1. The predicted octanol–water partition coefficient (Wildman–Crippen LogP) is 5.82. The number of rotatable bonds is 5. The number of hydrogen-bond acceptors (Lipinski definition) is 5. The number of carbonyl (C=O) groups excluding carboxylic acids is 1. The van der Waals surface area contributed by atoms with Crippen molar-refractivity contribution in [3.05, 3.63) is 85.5 Å². The van der Waals surface area contributed by atoms with Crippen molar-refractivity contribution in [2.75, 3.05) is 5.32 Å². The second kappa shape index (κ2) is 8.73. The van der Waals surface area contributed by atoms with Crippen LogP contribution in [0.2, 0.25) is 5.02 Å². The van der Waals surface area contributed by atoms with Gasteiger partial charge in [-0.1, -0.05) is 23.7 Å². The maximum atomic E-state index is 12.4. The van der Waals surface area contributed by atoms with Gasteiger partial charge in [0.15, 0.2) is 0 Å². The molecule has 0 aliphatic heterocycles. The molecule has 2 aromatic carbocycles. The Kier molecular flexibility index (Phi) is 6.12. The van der Waals surface area contributed by atoms with Crippen LogP contribution in [0.4, 0.5) is 11.4 Å². The van der Waals surface area contributed by atoms with Gasteiger partial charge in [0.25, 0.3) is 11.6 Å². The first kappa shape index (κ1) is 20.3. The number of nitriles is 1. The van der Waals surface area contributed by atoms with Crippen LogP contribution in [-0.2, 0) is 4.79 Å². The zero-order valence-electron chi connectivity index (χ0n) is 14.6. The molecule has 0 spiro atoms. The molecule has 1 heterocycles. The van der Waals surface area contributed by atoms with Gasteiger partial charge in [0.1, 0.15) is 23.2 Å². The number of para-hydroxylation sites is 1.